The van der Waals surface area contributed by atoms with E-state index in [4.69, 9.17) is 9.47 Å². The monoisotopic (exact) mass is 259 g/mol. The Morgan fingerprint density at radius 1 is 1.17 bits per heavy atom. The molecule has 4 heteroatoms. The Hall–Kier alpha value is -0.610. The van der Waals surface area contributed by atoms with Gasteiger partial charge in [-0.25, -0.2) is 0 Å². The first-order chi connectivity index (χ1) is 8.60. The van der Waals surface area contributed by atoms with Crippen molar-refractivity contribution in [1.29, 1.82) is 0 Å². The van der Waals surface area contributed by atoms with Gasteiger partial charge in [0.15, 0.2) is 0 Å². The van der Waals surface area contributed by atoms with Gasteiger partial charge in [-0.1, -0.05) is 26.7 Å². The van der Waals surface area contributed by atoms with Gasteiger partial charge in [-0.05, 0) is 32.7 Å². The van der Waals surface area contributed by atoms with Crippen LogP contribution in [0.4, 0.5) is 0 Å². The Labute approximate surface area is 111 Å². The molecule has 0 aliphatic carbocycles. The van der Waals surface area contributed by atoms with Crippen LogP contribution in [-0.2, 0) is 14.3 Å². The predicted octanol–water partition coefficient (Wildman–Crippen LogP) is 2.51. The maximum atomic E-state index is 11.8. The number of methoxy groups -OCH3 is 1. The number of esters is 1. The van der Waals surface area contributed by atoms with Crippen LogP contribution in [0.25, 0.3) is 0 Å². The molecule has 0 saturated heterocycles. The second kappa shape index (κ2) is 10.3. The van der Waals surface area contributed by atoms with Gasteiger partial charge >= 0.3 is 5.97 Å². The molecule has 1 N–H and O–H groups in total. The lowest BCUT2D eigenvalue weighted by Gasteiger charge is -2.27. The quantitative estimate of drug-likeness (QED) is 0.457. The van der Waals surface area contributed by atoms with Crippen LogP contribution in [0.2, 0.25) is 0 Å². The van der Waals surface area contributed by atoms with Gasteiger partial charge in [0.25, 0.3) is 0 Å². The number of hydrogen-bond donors (Lipinski definition) is 1. The predicted molar refractivity (Wildman–Crippen MR) is 73.7 cm³/mol. The number of nitrogens with one attached hydrogen (secondary N) is 1. The van der Waals surface area contributed by atoms with Crippen LogP contribution in [0.1, 0.15) is 52.9 Å². The summed E-state index contributed by atoms with van der Waals surface area (Å²) in [5, 5.41) is 3.24. The summed E-state index contributed by atoms with van der Waals surface area (Å²) in [5.41, 5.74) is -0.629. The molecule has 0 radical (unpaired) electrons. The summed E-state index contributed by atoms with van der Waals surface area (Å²) in [4.78, 5) is 11.8. The maximum Gasteiger partial charge on any atom is 0.325 e. The second-order valence-electron chi connectivity index (χ2n) is 4.82. The standard InChI is InChI=1S/C14H29NO3/c1-5-7-8-11-18-12-9-14(3,13(16)17-4)15-10-6-2/h15H,5-12H2,1-4H3. The molecule has 1 unspecified atom stereocenters. The minimum absolute atomic E-state index is 0.215. The zero-order valence-corrected chi connectivity index (χ0v) is 12.4. The van der Waals surface area contributed by atoms with Gasteiger partial charge in [0.2, 0.25) is 0 Å². The summed E-state index contributed by atoms with van der Waals surface area (Å²) >= 11 is 0. The summed E-state index contributed by atoms with van der Waals surface area (Å²) in [6.45, 7) is 8.30. The third-order valence-corrected chi connectivity index (χ3v) is 3.04. The molecule has 0 heterocycles. The zero-order chi connectivity index (χ0) is 13.9. The molecule has 0 aromatic rings. The van der Waals surface area contributed by atoms with Crippen molar-refractivity contribution in [3.05, 3.63) is 0 Å². The first kappa shape index (κ1) is 17.4. The van der Waals surface area contributed by atoms with Crippen LogP contribution in [0.3, 0.4) is 0 Å². The highest BCUT2D eigenvalue weighted by Crippen LogP contribution is 2.12. The molecule has 1 atom stereocenters. The van der Waals surface area contributed by atoms with Crippen molar-refractivity contribution in [3.63, 3.8) is 0 Å². The first-order valence-corrected chi connectivity index (χ1v) is 7.02. The maximum absolute atomic E-state index is 11.8. The number of rotatable bonds is 11. The highest BCUT2D eigenvalue weighted by molar-refractivity contribution is 5.80. The van der Waals surface area contributed by atoms with Crippen molar-refractivity contribution < 1.29 is 14.3 Å². The molecule has 108 valence electrons. The molecule has 0 aromatic heterocycles. The van der Waals surface area contributed by atoms with Gasteiger partial charge in [-0.3, -0.25) is 4.79 Å². The second-order valence-corrected chi connectivity index (χ2v) is 4.82. The molecule has 0 amide bonds. The Kier molecular flexibility index (Phi) is 9.98. The van der Waals surface area contributed by atoms with Crippen LogP contribution >= 0.6 is 0 Å². The van der Waals surface area contributed by atoms with Crippen molar-refractivity contribution in [2.24, 2.45) is 0 Å². The van der Waals surface area contributed by atoms with Crippen molar-refractivity contribution in [2.45, 2.75) is 58.4 Å². The van der Waals surface area contributed by atoms with E-state index in [0.29, 0.717) is 13.0 Å². The van der Waals surface area contributed by atoms with Gasteiger partial charge in [0.05, 0.1) is 7.11 Å². The smallest absolute Gasteiger partial charge is 0.325 e. The highest BCUT2D eigenvalue weighted by atomic mass is 16.5. The van der Waals surface area contributed by atoms with Crippen molar-refractivity contribution >= 4 is 5.97 Å². The lowest BCUT2D eigenvalue weighted by atomic mass is 9.98. The average molecular weight is 259 g/mol. The Bertz CT molecular complexity index is 221. The summed E-state index contributed by atoms with van der Waals surface area (Å²) in [5.74, 6) is -0.215. The van der Waals surface area contributed by atoms with E-state index >= 15 is 0 Å². The first-order valence-electron chi connectivity index (χ1n) is 7.02. The normalized spacial score (nSPS) is 14.2. The van der Waals surface area contributed by atoms with Crippen LogP contribution in [-0.4, -0.2) is 38.4 Å². The lowest BCUT2D eigenvalue weighted by Crippen LogP contribution is -2.51. The van der Waals surface area contributed by atoms with Crippen molar-refractivity contribution in [2.75, 3.05) is 26.9 Å². The van der Waals surface area contributed by atoms with E-state index < -0.39 is 5.54 Å². The van der Waals surface area contributed by atoms with Gasteiger partial charge in [0.1, 0.15) is 5.54 Å². The Morgan fingerprint density at radius 2 is 1.89 bits per heavy atom. The Balaban J connectivity index is 3.97. The number of carbonyl (C=O) groups excluding carboxylic acids is 1. The minimum Gasteiger partial charge on any atom is -0.468 e. The van der Waals surface area contributed by atoms with E-state index in [1.165, 1.54) is 20.0 Å². The molecular weight excluding hydrogens is 230 g/mol. The molecule has 4 nitrogen and oxygen atoms in total. The fraction of sp³-hybridized carbons (Fsp3) is 0.929. The highest BCUT2D eigenvalue weighted by Gasteiger charge is 2.33. The largest absolute Gasteiger partial charge is 0.468 e. The zero-order valence-electron chi connectivity index (χ0n) is 12.4. The van der Waals surface area contributed by atoms with E-state index in [-0.39, 0.29) is 5.97 Å². The molecule has 0 fully saturated rings. The van der Waals surface area contributed by atoms with Crippen LogP contribution in [0.5, 0.6) is 0 Å². The molecule has 0 aliphatic heterocycles. The topological polar surface area (TPSA) is 47.6 Å². The van der Waals surface area contributed by atoms with E-state index in [1.54, 1.807) is 0 Å². The van der Waals surface area contributed by atoms with E-state index in [2.05, 4.69) is 19.2 Å². The molecule has 0 bridgehead atoms. The molecule has 0 spiro atoms. The van der Waals surface area contributed by atoms with Gasteiger partial charge in [-0.2, -0.15) is 0 Å². The van der Waals surface area contributed by atoms with Gasteiger partial charge in [-0.15, -0.1) is 0 Å². The fourth-order valence-electron chi connectivity index (χ4n) is 1.72. The lowest BCUT2D eigenvalue weighted by molar-refractivity contribution is -0.148. The third kappa shape index (κ3) is 6.97. The number of unbranched alkanes of at least 4 members (excludes halogenated alkanes) is 2. The summed E-state index contributed by atoms with van der Waals surface area (Å²) in [6.07, 6.45) is 5.12. The molecule has 0 aliphatic rings. The average Bonchev–Trinajstić information content (AvgIpc) is 2.39. The third-order valence-electron chi connectivity index (χ3n) is 3.04. The summed E-state index contributed by atoms with van der Waals surface area (Å²) in [6, 6.07) is 0. The van der Waals surface area contributed by atoms with E-state index in [0.717, 1.165) is 26.0 Å². The minimum atomic E-state index is -0.629. The molecule has 0 saturated carbocycles. The molecule has 0 rings (SSSR count). The fourth-order valence-corrected chi connectivity index (χ4v) is 1.72. The molecule has 0 aromatic carbocycles. The number of ether oxygens (including phenoxy) is 2. The van der Waals surface area contributed by atoms with Crippen molar-refractivity contribution in [1.82, 2.24) is 5.32 Å². The Morgan fingerprint density at radius 3 is 2.44 bits per heavy atom. The van der Waals surface area contributed by atoms with E-state index in [9.17, 15) is 4.79 Å². The molecule has 18 heavy (non-hydrogen) atoms. The number of hydrogen-bond acceptors (Lipinski definition) is 4. The van der Waals surface area contributed by atoms with Crippen LogP contribution in [0.15, 0.2) is 0 Å². The van der Waals surface area contributed by atoms with Gasteiger partial charge in [0, 0.05) is 13.2 Å². The van der Waals surface area contributed by atoms with Crippen molar-refractivity contribution in [3.8, 4) is 0 Å². The summed E-state index contributed by atoms with van der Waals surface area (Å²) in [7, 11) is 1.43. The molecular formula is C14H29NO3. The summed E-state index contributed by atoms with van der Waals surface area (Å²) < 4.78 is 10.4. The SMILES string of the molecule is CCCCCOCCC(C)(NCCC)C(=O)OC. The van der Waals surface area contributed by atoms with E-state index in [1.807, 2.05) is 6.92 Å². The van der Waals surface area contributed by atoms with Crippen LogP contribution in [0, 0.1) is 0 Å². The number of carbonyl (C=O) groups is 1. The van der Waals surface area contributed by atoms with Crippen LogP contribution < -0.4 is 5.32 Å². The van der Waals surface area contributed by atoms with Gasteiger partial charge < -0.3 is 14.8 Å².